The molecule has 6 heteroatoms. The molecular formula is C16H16N2O3S. The molecule has 0 aliphatic carbocycles. The van der Waals surface area contributed by atoms with E-state index in [1.165, 1.54) is 16.2 Å². The van der Waals surface area contributed by atoms with Crippen LogP contribution in [0.15, 0.2) is 30.3 Å². The van der Waals surface area contributed by atoms with Crippen LogP contribution in [0.25, 0.3) is 10.6 Å². The number of nitrogens with zero attached hydrogens (tertiary/aromatic N) is 2. The van der Waals surface area contributed by atoms with Crippen LogP contribution in [0.1, 0.15) is 28.2 Å². The molecule has 1 amide bonds. The maximum absolute atomic E-state index is 12.7. The molecule has 1 fully saturated rings. The lowest BCUT2D eigenvalue weighted by Crippen LogP contribution is -2.40. The molecule has 1 saturated heterocycles. The summed E-state index contributed by atoms with van der Waals surface area (Å²) in [7, 11) is 0. The number of carbonyl (C=O) groups is 2. The Morgan fingerprint density at radius 2 is 2.05 bits per heavy atom. The zero-order valence-corrected chi connectivity index (χ0v) is 13.0. The molecule has 114 valence electrons. The Kier molecular flexibility index (Phi) is 3.94. The van der Waals surface area contributed by atoms with Crippen molar-refractivity contribution in [2.45, 2.75) is 25.8 Å². The molecule has 0 saturated carbocycles. The molecule has 0 unspecified atom stereocenters. The van der Waals surface area contributed by atoms with Gasteiger partial charge >= 0.3 is 5.97 Å². The zero-order valence-electron chi connectivity index (χ0n) is 12.2. The largest absolute Gasteiger partial charge is 0.480 e. The summed E-state index contributed by atoms with van der Waals surface area (Å²) in [5, 5.41) is 10.0. The molecule has 1 aliphatic heterocycles. The monoisotopic (exact) mass is 316 g/mol. The third-order valence-electron chi connectivity index (χ3n) is 3.81. The van der Waals surface area contributed by atoms with E-state index in [0.29, 0.717) is 23.5 Å². The van der Waals surface area contributed by atoms with E-state index < -0.39 is 12.0 Å². The number of aliphatic carboxylic acids is 1. The molecular weight excluding hydrogens is 300 g/mol. The highest BCUT2D eigenvalue weighted by Gasteiger charge is 2.35. The van der Waals surface area contributed by atoms with Gasteiger partial charge in [0.25, 0.3) is 5.91 Å². The molecule has 2 aromatic rings. The van der Waals surface area contributed by atoms with E-state index in [2.05, 4.69) is 4.98 Å². The molecule has 5 nitrogen and oxygen atoms in total. The first-order valence-electron chi connectivity index (χ1n) is 7.14. The molecule has 1 aliphatic rings. The lowest BCUT2D eigenvalue weighted by molar-refractivity contribution is -0.141. The lowest BCUT2D eigenvalue weighted by atomic mass is 10.2. The molecule has 2 heterocycles. The molecule has 0 spiro atoms. The van der Waals surface area contributed by atoms with E-state index in [-0.39, 0.29) is 5.91 Å². The first-order valence-corrected chi connectivity index (χ1v) is 7.96. The number of amides is 1. The van der Waals surface area contributed by atoms with Crippen molar-refractivity contribution in [3.8, 4) is 10.6 Å². The molecule has 0 bridgehead atoms. The van der Waals surface area contributed by atoms with Crippen molar-refractivity contribution in [2.24, 2.45) is 0 Å². The van der Waals surface area contributed by atoms with Crippen molar-refractivity contribution in [2.75, 3.05) is 6.54 Å². The number of thiazole rings is 1. The van der Waals surface area contributed by atoms with Crippen molar-refractivity contribution in [1.29, 1.82) is 0 Å². The number of carboxylic acid groups (broad SMARTS) is 1. The number of hydrogen-bond donors (Lipinski definition) is 1. The van der Waals surface area contributed by atoms with Crippen LogP contribution in [0.3, 0.4) is 0 Å². The Labute approximate surface area is 132 Å². The minimum Gasteiger partial charge on any atom is -0.480 e. The van der Waals surface area contributed by atoms with E-state index in [9.17, 15) is 14.7 Å². The Morgan fingerprint density at radius 3 is 2.73 bits per heavy atom. The van der Waals surface area contributed by atoms with Crippen LogP contribution in [-0.2, 0) is 4.79 Å². The van der Waals surface area contributed by atoms with Gasteiger partial charge in [0.2, 0.25) is 0 Å². The van der Waals surface area contributed by atoms with Gasteiger partial charge in [-0.3, -0.25) is 4.79 Å². The van der Waals surface area contributed by atoms with E-state index in [0.717, 1.165) is 17.0 Å². The highest BCUT2D eigenvalue weighted by Crippen LogP contribution is 2.30. The Morgan fingerprint density at radius 1 is 1.32 bits per heavy atom. The number of carboxylic acids is 1. The maximum Gasteiger partial charge on any atom is 0.326 e. The second-order valence-corrected chi connectivity index (χ2v) is 6.29. The van der Waals surface area contributed by atoms with E-state index >= 15 is 0 Å². The van der Waals surface area contributed by atoms with Gasteiger partial charge in [-0.25, -0.2) is 9.78 Å². The summed E-state index contributed by atoms with van der Waals surface area (Å²) in [4.78, 5) is 30.4. The third kappa shape index (κ3) is 2.62. The molecule has 3 rings (SSSR count). The van der Waals surface area contributed by atoms with Crippen molar-refractivity contribution >= 4 is 23.2 Å². The van der Waals surface area contributed by atoms with Crippen LogP contribution < -0.4 is 0 Å². The summed E-state index contributed by atoms with van der Waals surface area (Å²) in [5.74, 6) is -1.15. The Balaban J connectivity index is 1.91. The SMILES string of the molecule is Cc1nc(-c2ccccc2)sc1C(=O)N1CCC[C@H]1C(=O)O. The average molecular weight is 316 g/mol. The second kappa shape index (κ2) is 5.88. The third-order valence-corrected chi connectivity index (χ3v) is 5.00. The molecule has 1 aromatic carbocycles. The molecule has 0 radical (unpaired) electrons. The van der Waals surface area contributed by atoms with Crippen LogP contribution in [0.2, 0.25) is 0 Å². The summed E-state index contributed by atoms with van der Waals surface area (Å²) < 4.78 is 0. The quantitative estimate of drug-likeness (QED) is 0.945. The van der Waals surface area contributed by atoms with Gasteiger partial charge in [-0.15, -0.1) is 11.3 Å². The van der Waals surface area contributed by atoms with Gasteiger partial charge in [0.1, 0.15) is 15.9 Å². The van der Waals surface area contributed by atoms with Crippen molar-refractivity contribution in [3.63, 3.8) is 0 Å². The van der Waals surface area contributed by atoms with E-state index in [1.54, 1.807) is 6.92 Å². The molecule has 22 heavy (non-hydrogen) atoms. The summed E-state index contributed by atoms with van der Waals surface area (Å²) in [6.07, 6.45) is 1.25. The lowest BCUT2D eigenvalue weighted by Gasteiger charge is -2.20. The first kappa shape index (κ1) is 14.7. The standard InChI is InChI=1S/C16H16N2O3S/c1-10-13(15(19)18-9-5-8-12(18)16(20)21)22-14(17-10)11-6-3-2-4-7-11/h2-4,6-7,12H,5,8-9H2,1H3,(H,20,21)/t12-/m0/s1. The predicted octanol–water partition coefficient (Wildman–Crippen LogP) is 2.81. The van der Waals surface area contributed by atoms with Crippen LogP contribution in [-0.4, -0.2) is 39.5 Å². The van der Waals surface area contributed by atoms with Gasteiger partial charge in [-0.05, 0) is 19.8 Å². The Bertz CT molecular complexity index is 711. The number of likely N-dealkylation sites (tertiary alicyclic amines) is 1. The van der Waals surface area contributed by atoms with Crippen molar-refractivity contribution in [1.82, 2.24) is 9.88 Å². The highest BCUT2D eigenvalue weighted by molar-refractivity contribution is 7.17. The minimum atomic E-state index is -0.934. The number of aromatic nitrogens is 1. The topological polar surface area (TPSA) is 70.5 Å². The zero-order chi connectivity index (χ0) is 15.7. The van der Waals surface area contributed by atoms with Gasteiger partial charge < -0.3 is 10.0 Å². The maximum atomic E-state index is 12.7. The van der Waals surface area contributed by atoms with Gasteiger partial charge in [-0.1, -0.05) is 30.3 Å². The number of benzene rings is 1. The van der Waals surface area contributed by atoms with Crippen molar-refractivity contribution in [3.05, 3.63) is 40.9 Å². The van der Waals surface area contributed by atoms with Crippen LogP contribution in [0, 0.1) is 6.92 Å². The number of carbonyl (C=O) groups excluding carboxylic acids is 1. The fourth-order valence-electron chi connectivity index (χ4n) is 2.70. The fraction of sp³-hybridized carbons (Fsp3) is 0.312. The summed E-state index contributed by atoms with van der Waals surface area (Å²) >= 11 is 1.33. The average Bonchev–Trinajstić information content (AvgIpc) is 3.14. The Hall–Kier alpha value is -2.21. The summed E-state index contributed by atoms with van der Waals surface area (Å²) in [6.45, 7) is 2.29. The minimum absolute atomic E-state index is 0.220. The number of aryl methyl sites for hydroxylation is 1. The number of rotatable bonds is 3. The van der Waals surface area contributed by atoms with Crippen LogP contribution in [0.4, 0.5) is 0 Å². The summed E-state index contributed by atoms with van der Waals surface area (Å²) in [6, 6.07) is 8.96. The molecule has 1 atom stereocenters. The summed E-state index contributed by atoms with van der Waals surface area (Å²) in [5.41, 5.74) is 1.62. The van der Waals surface area contributed by atoms with Gasteiger partial charge in [-0.2, -0.15) is 0 Å². The van der Waals surface area contributed by atoms with Gasteiger partial charge in [0.15, 0.2) is 0 Å². The molecule has 1 aromatic heterocycles. The van der Waals surface area contributed by atoms with Crippen LogP contribution in [0.5, 0.6) is 0 Å². The highest BCUT2D eigenvalue weighted by atomic mass is 32.1. The number of hydrogen-bond acceptors (Lipinski definition) is 4. The molecule has 1 N–H and O–H groups in total. The van der Waals surface area contributed by atoms with E-state index in [4.69, 9.17) is 0 Å². The van der Waals surface area contributed by atoms with Crippen LogP contribution >= 0.6 is 11.3 Å². The van der Waals surface area contributed by atoms with Crippen molar-refractivity contribution < 1.29 is 14.7 Å². The predicted molar refractivity (Wildman–Crippen MR) is 84.0 cm³/mol. The fourth-order valence-corrected chi connectivity index (χ4v) is 3.72. The normalized spacial score (nSPS) is 17.7. The smallest absolute Gasteiger partial charge is 0.326 e. The van der Waals surface area contributed by atoms with E-state index in [1.807, 2.05) is 30.3 Å². The van der Waals surface area contributed by atoms with Gasteiger partial charge in [0.05, 0.1) is 5.69 Å². The van der Waals surface area contributed by atoms with Gasteiger partial charge in [0, 0.05) is 12.1 Å². The second-order valence-electron chi connectivity index (χ2n) is 5.29. The first-order chi connectivity index (χ1) is 10.6.